The third kappa shape index (κ3) is 3.44. The van der Waals surface area contributed by atoms with E-state index in [-0.39, 0.29) is 18.7 Å². The van der Waals surface area contributed by atoms with Gasteiger partial charge in [-0.1, -0.05) is 12.1 Å². The number of ether oxygens (including phenoxy) is 4. The van der Waals surface area contributed by atoms with E-state index < -0.39 is 0 Å². The van der Waals surface area contributed by atoms with E-state index >= 15 is 0 Å². The van der Waals surface area contributed by atoms with Crippen LogP contribution < -0.4 is 24.3 Å². The molecular formula is C20H19NO5. The first-order valence-electron chi connectivity index (χ1n) is 8.47. The fraction of sp³-hybridized carbons (Fsp3) is 0.250. The molecule has 4 rings (SSSR count). The molecule has 2 aliphatic heterocycles. The number of carbonyl (C=O) groups is 1. The number of hydrogen-bond acceptors (Lipinski definition) is 5. The van der Waals surface area contributed by atoms with Crippen LogP contribution in [0.5, 0.6) is 23.0 Å². The molecule has 0 bridgehead atoms. The average Bonchev–Trinajstić information content (AvgIpc) is 3.14. The van der Waals surface area contributed by atoms with E-state index in [0.717, 1.165) is 22.6 Å². The summed E-state index contributed by atoms with van der Waals surface area (Å²) in [6, 6.07) is 11.1. The lowest BCUT2D eigenvalue weighted by Crippen LogP contribution is -2.24. The number of rotatable bonds is 4. The third-order valence-electron chi connectivity index (χ3n) is 4.25. The summed E-state index contributed by atoms with van der Waals surface area (Å²) in [4.78, 5) is 12.2. The van der Waals surface area contributed by atoms with Crippen molar-refractivity contribution in [3.63, 3.8) is 0 Å². The van der Waals surface area contributed by atoms with E-state index in [9.17, 15) is 4.79 Å². The van der Waals surface area contributed by atoms with Crippen molar-refractivity contribution in [1.82, 2.24) is 5.32 Å². The molecule has 0 aromatic heterocycles. The molecule has 0 saturated heterocycles. The fourth-order valence-electron chi connectivity index (χ4n) is 2.86. The Bertz CT molecular complexity index is 861. The van der Waals surface area contributed by atoms with Crippen LogP contribution in [-0.2, 0) is 4.79 Å². The molecule has 0 saturated carbocycles. The van der Waals surface area contributed by atoms with Crippen molar-refractivity contribution >= 4 is 12.0 Å². The van der Waals surface area contributed by atoms with Gasteiger partial charge >= 0.3 is 0 Å². The molecule has 1 amide bonds. The van der Waals surface area contributed by atoms with Crippen LogP contribution in [0.2, 0.25) is 0 Å². The van der Waals surface area contributed by atoms with E-state index in [1.54, 1.807) is 6.08 Å². The van der Waals surface area contributed by atoms with Crippen LogP contribution in [0.15, 0.2) is 42.5 Å². The molecule has 134 valence electrons. The summed E-state index contributed by atoms with van der Waals surface area (Å²) in [6.07, 6.45) is 3.26. The molecule has 2 aliphatic rings. The molecule has 26 heavy (non-hydrogen) atoms. The first-order valence-corrected chi connectivity index (χ1v) is 8.47. The Morgan fingerprint density at radius 1 is 0.962 bits per heavy atom. The van der Waals surface area contributed by atoms with E-state index in [1.807, 2.05) is 43.3 Å². The van der Waals surface area contributed by atoms with Crippen LogP contribution >= 0.6 is 0 Å². The Balaban J connectivity index is 1.39. The van der Waals surface area contributed by atoms with Crippen molar-refractivity contribution in [3.8, 4) is 23.0 Å². The number of carbonyl (C=O) groups excluding carboxylic acids is 1. The number of fused-ring (bicyclic) bond motifs is 2. The minimum atomic E-state index is -0.176. The Kier molecular flexibility index (Phi) is 4.39. The standard InChI is InChI=1S/C20H19NO5/c1-13(15-4-6-17-19(11-15)26-12-25-17)21-20(22)7-3-14-2-5-16-18(10-14)24-9-8-23-16/h2-7,10-11,13H,8-9,12H2,1H3,(H,21,22)/b7-3+. The maximum atomic E-state index is 12.2. The second-order valence-electron chi connectivity index (χ2n) is 6.08. The predicted molar refractivity (Wildman–Crippen MR) is 95.6 cm³/mol. The van der Waals surface area contributed by atoms with Crippen molar-refractivity contribution in [1.29, 1.82) is 0 Å². The highest BCUT2D eigenvalue weighted by atomic mass is 16.7. The van der Waals surface area contributed by atoms with Crippen LogP contribution in [0.1, 0.15) is 24.1 Å². The largest absolute Gasteiger partial charge is 0.486 e. The van der Waals surface area contributed by atoms with Gasteiger partial charge in [0.15, 0.2) is 23.0 Å². The zero-order valence-corrected chi connectivity index (χ0v) is 14.4. The number of benzene rings is 2. The lowest BCUT2D eigenvalue weighted by Gasteiger charge is -2.18. The molecule has 0 spiro atoms. The minimum Gasteiger partial charge on any atom is -0.486 e. The Hall–Kier alpha value is -3.15. The van der Waals surface area contributed by atoms with Gasteiger partial charge in [-0.25, -0.2) is 0 Å². The van der Waals surface area contributed by atoms with Gasteiger partial charge in [0.25, 0.3) is 0 Å². The summed E-state index contributed by atoms with van der Waals surface area (Å²) in [5.41, 5.74) is 1.83. The molecule has 2 aromatic carbocycles. The highest BCUT2D eigenvalue weighted by molar-refractivity contribution is 5.92. The number of nitrogens with one attached hydrogen (secondary N) is 1. The molecule has 1 atom stereocenters. The monoisotopic (exact) mass is 353 g/mol. The highest BCUT2D eigenvalue weighted by Crippen LogP contribution is 2.34. The Labute approximate surface area is 151 Å². The van der Waals surface area contributed by atoms with E-state index in [2.05, 4.69) is 5.32 Å². The first-order chi connectivity index (χ1) is 12.7. The van der Waals surface area contributed by atoms with E-state index in [0.29, 0.717) is 24.7 Å². The van der Waals surface area contributed by atoms with Gasteiger partial charge in [-0.3, -0.25) is 4.79 Å². The van der Waals surface area contributed by atoms with Gasteiger partial charge in [0.2, 0.25) is 12.7 Å². The van der Waals surface area contributed by atoms with Crippen molar-refractivity contribution in [2.75, 3.05) is 20.0 Å². The van der Waals surface area contributed by atoms with Crippen molar-refractivity contribution in [3.05, 3.63) is 53.6 Å². The number of hydrogen-bond donors (Lipinski definition) is 1. The molecule has 2 heterocycles. The highest BCUT2D eigenvalue weighted by Gasteiger charge is 2.16. The summed E-state index contributed by atoms with van der Waals surface area (Å²) in [5, 5.41) is 2.94. The van der Waals surface area contributed by atoms with Crippen molar-refractivity contribution < 1.29 is 23.7 Å². The molecule has 0 radical (unpaired) electrons. The Morgan fingerprint density at radius 3 is 2.54 bits per heavy atom. The van der Waals surface area contributed by atoms with Gasteiger partial charge in [0.05, 0.1) is 6.04 Å². The van der Waals surface area contributed by atoms with Crippen LogP contribution in [0.25, 0.3) is 6.08 Å². The summed E-state index contributed by atoms with van der Waals surface area (Å²) in [7, 11) is 0. The smallest absolute Gasteiger partial charge is 0.244 e. The molecule has 6 nitrogen and oxygen atoms in total. The minimum absolute atomic E-state index is 0.151. The van der Waals surface area contributed by atoms with Gasteiger partial charge in [-0.05, 0) is 48.4 Å². The zero-order chi connectivity index (χ0) is 17.9. The van der Waals surface area contributed by atoms with Gasteiger partial charge in [0, 0.05) is 6.08 Å². The molecule has 2 aromatic rings. The van der Waals surface area contributed by atoms with Gasteiger partial charge in [-0.15, -0.1) is 0 Å². The molecule has 1 unspecified atom stereocenters. The molecule has 6 heteroatoms. The quantitative estimate of drug-likeness (QED) is 0.856. The molecule has 0 fully saturated rings. The lowest BCUT2D eigenvalue weighted by molar-refractivity contribution is -0.117. The van der Waals surface area contributed by atoms with Crippen LogP contribution in [-0.4, -0.2) is 25.9 Å². The second-order valence-corrected chi connectivity index (χ2v) is 6.08. The van der Waals surface area contributed by atoms with Gasteiger partial charge in [0.1, 0.15) is 13.2 Å². The number of amides is 1. The van der Waals surface area contributed by atoms with Crippen LogP contribution in [0, 0.1) is 0 Å². The lowest BCUT2D eigenvalue weighted by atomic mass is 10.1. The maximum Gasteiger partial charge on any atom is 0.244 e. The van der Waals surface area contributed by atoms with Gasteiger partial charge < -0.3 is 24.3 Å². The topological polar surface area (TPSA) is 66.0 Å². The van der Waals surface area contributed by atoms with E-state index in [4.69, 9.17) is 18.9 Å². The van der Waals surface area contributed by atoms with Crippen molar-refractivity contribution in [2.24, 2.45) is 0 Å². The molecule has 0 aliphatic carbocycles. The third-order valence-corrected chi connectivity index (χ3v) is 4.25. The maximum absolute atomic E-state index is 12.2. The van der Waals surface area contributed by atoms with Gasteiger partial charge in [-0.2, -0.15) is 0 Å². The zero-order valence-electron chi connectivity index (χ0n) is 14.4. The summed E-state index contributed by atoms with van der Waals surface area (Å²) < 4.78 is 21.7. The summed E-state index contributed by atoms with van der Waals surface area (Å²) in [6.45, 7) is 3.25. The average molecular weight is 353 g/mol. The molecule has 1 N–H and O–H groups in total. The SMILES string of the molecule is CC(NC(=O)/C=C/c1ccc2c(c1)OCCO2)c1ccc2c(c1)OCO2. The van der Waals surface area contributed by atoms with Crippen LogP contribution in [0.3, 0.4) is 0 Å². The van der Waals surface area contributed by atoms with Crippen LogP contribution in [0.4, 0.5) is 0 Å². The first kappa shape index (κ1) is 16.3. The fourth-order valence-corrected chi connectivity index (χ4v) is 2.86. The normalized spacial score (nSPS) is 15.7. The van der Waals surface area contributed by atoms with Crippen molar-refractivity contribution in [2.45, 2.75) is 13.0 Å². The second kappa shape index (κ2) is 7.00. The van der Waals surface area contributed by atoms with E-state index in [1.165, 1.54) is 6.08 Å². The molecular weight excluding hydrogens is 334 g/mol. The predicted octanol–water partition coefficient (Wildman–Crippen LogP) is 3.08. The summed E-state index contributed by atoms with van der Waals surface area (Å²) >= 11 is 0. The summed E-state index contributed by atoms with van der Waals surface area (Å²) in [5.74, 6) is 2.69. The Morgan fingerprint density at radius 2 is 1.65 bits per heavy atom.